The zero-order valence-corrected chi connectivity index (χ0v) is 15.0. The van der Waals surface area contributed by atoms with Crippen molar-refractivity contribution in [1.82, 2.24) is 4.57 Å². The number of hydrogen-bond acceptors (Lipinski definition) is 0. The van der Waals surface area contributed by atoms with E-state index >= 15 is 0 Å². The van der Waals surface area contributed by atoms with E-state index < -0.39 is 0 Å². The quantitative estimate of drug-likeness (QED) is 0.381. The van der Waals surface area contributed by atoms with Crippen LogP contribution in [0.5, 0.6) is 0 Å². The van der Waals surface area contributed by atoms with Crippen LogP contribution in [-0.2, 0) is 6.54 Å². The Hall–Kier alpha value is -2.87. The predicted molar refractivity (Wildman–Crippen MR) is 102 cm³/mol. The van der Waals surface area contributed by atoms with E-state index in [9.17, 15) is 0 Å². The summed E-state index contributed by atoms with van der Waals surface area (Å²) in [7, 11) is 0. The van der Waals surface area contributed by atoms with E-state index in [1.54, 1.807) is 0 Å². The molecule has 0 saturated heterocycles. The highest BCUT2D eigenvalue weighted by molar-refractivity contribution is 5.73. The van der Waals surface area contributed by atoms with Crippen molar-refractivity contribution in [3.63, 3.8) is 0 Å². The van der Waals surface area contributed by atoms with Crippen LogP contribution in [0, 0.1) is 27.1 Å². The van der Waals surface area contributed by atoms with Crippen molar-refractivity contribution >= 4 is 11.0 Å². The molecule has 124 valence electrons. The third-order valence-corrected chi connectivity index (χ3v) is 4.81. The number of benzene rings is 3. The van der Waals surface area contributed by atoms with Gasteiger partial charge in [0.2, 0.25) is 6.33 Å². The molecule has 0 bridgehead atoms. The molecule has 25 heavy (non-hydrogen) atoms. The van der Waals surface area contributed by atoms with E-state index in [2.05, 4.69) is 96.9 Å². The lowest BCUT2D eigenvalue weighted by atomic mass is 10.00. The molecule has 0 saturated carbocycles. The fraction of sp³-hybridized carbons (Fsp3) is 0.174. The molecule has 1 aromatic heterocycles. The van der Waals surface area contributed by atoms with Crippen LogP contribution in [0.4, 0.5) is 0 Å². The average molecular weight is 326 g/mol. The number of imidazole rings is 1. The Morgan fingerprint density at radius 3 is 2.20 bits per heavy atom. The van der Waals surface area contributed by atoms with Gasteiger partial charge in [0.15, 0.2) is 0 Å². The maximum Gasteiger partial charge on any atom is 0.244 e. The Kier molecular flexibility index (Phi) is 3.89. The van der Waals surface area contributed by atoms with E-state index in [4.69, 9.17) is 0 Å². The van der Waals surface area contributed by atoms with Gasteiger partial charge in [0.25, 0.3) is 0 Å². The first-order valence-electron chi connectivity index (χ1n) is 8.68. The molecule has 0 amide bonds. The summed E-state index contributed by atoms with van der Waals surface area (Å²) in [5.41, 5.74) is 8.89. The molecule has 0 fully saturated rings. The molecule has 0 unspecified atom stereocenters. The summed E-state index contributed by atoms with van der Waals surface area (Å²) in [5.74, 6) is 0. The molecule has 1 heterocycles. The number of aromatic nitrogens is 2. The van der Waals surface area contributed by atoms with Crippen molar-refractivity contribution in [2.75, 3.05) is 0 Å². The smallest absolute Gasteiger partial charge is 0.244 e. The fourth-order valence-electron chi connectivity index (χ4n) is 3.62. The molecule has 0 aliphatic heterocycles. The van der Waals surface area contributed by atoms with Crippen LogP contribution in [0.3, 0.4) is 0 Å². The third kappa shape index (κ3) is 2.85. The molecule has 4 aromatic rings. The van der Waals surface area contributed by atoms with E-state index in [-0.39, 0.29) is 0 Å². The molecule has 3 aromatic carbocycles. The highest BCUT2D eigenvalue weighted by atomic mass is 15.1. The zero-order chi connectivity index (χ0) is 17.4. The molecule has 2 nitrogen and oxygen atoms in total. The first kappa shape index (κ1) is 15.6. The Bertz CT molecular complexity index is 1020. The van der Waals surface area contributed by atoms with Crippen LogP contribution in [0.2, 0.25) is 0 Å². The van der Waals surface area contributed by atoms with Gasteiger partial charge in [0, 0.05) is 0 Å². The van der Waals surface area contributed by atoms with Crippen molar-refractivity contribution in [3.8, 4) is 5.69 Å². The lowest BCUT2D eigenvalue weighted by Crippen LogP contribution is -2.34. The molecule has 4 rings (SSSR count). The second-order valence-electron chi connectivity index (χ2n) is 6.72. The molecular weight excluding hydrogens is 304 g/mol. The second kappa shape index (κ2) is 6.21. The number of nitrogens with zero attached hydrogens (tertiary/aromatic N) is 2. The minimum Gasteiger partial charge on any atom is -0.319 e. The Morgan fingerprint density at radius 2 is 1.48 bits per heavy atom. The topological polar surface area (TPSA) is 8.81 Å². The summed E-state index contributed by atoms with van der Waals surface area (Å²) in [6.07, 6.45) is 3.56. The van der Waals surface area contributed by atoms with Gasteiger partial charge in [0.1, 0.15) is 0 Å². The normalized spacial score (nSPS) is 11.2. The second-order valence-corrected chi connectivity index (χ2v) is 6.72. The van der Waals surface area contributed by atoms with Crippen molar-refractivity contribution in [3.05, 3.63) is 95.3 Å². The van der Waals surface area contributed by atoms with E-state index in [1.807, 2.05) is 6.07 Å². The molecule has 0 radical (unpaired) electrons. The van der Waals surface area contributed by atoms with Crippen LogP contribution >= 0.6 is 0 Å². The minimum absolute atomic E-state index is 0.832. The van der Waals surface area contributed by atoms with Crippen molar-refractivity contribution in [1.29, 1.82) is 0 Å². The average Bonchev–Trinajstić information content (AvgIpc) is 2.98. The fourth-order valence-corrected chi connectivity index (χ4v) is 3.62. The predicted octanol–water partition coefficient (Wildman–Crippen LogP) is 4.69. The van der Waals surface area contributed by atoms with Gasteiger partial charge in [-0.15, -0.1) is 0 Å². The Morgan fingerprint density at radius 1 is 0.840 bits per heavy atom. The van der Waals surface area contributed by atoms with Crippen molar-refractivity contribution in [2.45, 2.75) is 27.3 Å². The lowest BCUT2D eigenvalue weighted by molar-refractivity contribution is -0.667. The van der Waals surface area contributed by atoms with Crippen molar-refractivity contribution in [2.24, 2.45) is 0 Å². The Balaban J connectivity index is 1.87. The highest BCUT2D eigenvalue weighted by Crippen LogP contribution is 2.19. The summed E-state index contributed by atoms with van der Waals surface area (Å²) >= 11 is 0. The molecule has 0 spiro atoms. The number of hydrogen-bond donors (Lipinski definition) is 0. The van der Waals surface area contributed by atoms with E-state index in [0.717, 1.165) is 12.2 Å². The zero-order valence-electron chi connectivity index (χ0n) is 15.0. The molecular formula is C23H22N2. The van der Waals surface area contributed by atoms with Gasteiger partial charge >= 0.3 is 0 Å². The van der Waals surface area contributed by atoms with Crippen LogP contribution in [0.15, 0.2) is 66.7 Å². The largest absolute Gasteiger partial charge is 0.319 e. The highest BCUT2D eigenvalue weighted by Gasteiger charge is 2.12. The number of fused-ring (bicyclic) bond motifs is 1. The molecule has 0 aliphatic rings. The summed E-state index contributed by atoms with van der Waals surface area (Å²) < 4.78 is 4.38. The molecule has 2 heteroatoms. The van der Waals surface area contributed by atoms with Gasteiger partial charge in [-0.1, -0.05) is 72.3 Å². The standard InChI is InChI=1S/C23H22N2/c1-17-13-18(2)21(19(3)14-17)15-24-16-25(20-9-5-4-6-10-20)23-12-8-7-11-22(23)24/h4-14H,15H2,1-3H3. The minimum atomic E-state index is 0.832. The molecule has 0 N–H and O–H groups in total. The molecule has 0 aliphatic carbocycles. The number of para-hydroxylation sites is 3. The van der Waals surface area contributed by atoms with Gasteiger partial charge in [-0.3, -0.25) is 0 Å². The maximum atomic E-state index is 3.56. The van der Waals surface area contributed by atoms with Crippen LogP contribution in [-0.4, -0.2) is 4.57 Å². The SMILES string of the molecule is Cc1cc(C)c(C[n+]2[c-]n(-c3ccccc3)c3ccccc32)c(C)c1. The lowest BCUT2D eigenvalue weighted by Gasteiger charge is -2.11. The maximum absolute atomic E-state index is 3.56. The Labute approximate surface area is 149 Å². The van der Waals surface area contributed by atoms with Gasteiger partial charge in [-0.2, -0.15) is 0 Å². The number of rotatable bonds is 3. The summed E-state index contributed by atoms with van der Waals surface area (Å²) in [6, 6.07) is 23.5. The van der Waals surface area contributed by atoms with Gasteiger partial charge in [-0.05, 0) is 37.5 Å². The van der Waals surface area contributed by atoms with Gasteiger partial charge in [0.05, 0.1) is 23.3 Å². The summed E-state index contributed by atoms with van der Waals surface area (Å²) in [4.78, 5) is 0. The van der Waals surface area contributed by atoms with Crippen LogP contribution < -0.4 is 4.57 Å². The first-order valence-corrected chi connectivity index (χ1v) is 8.68. The van der Waals surface area contributed by atoms with Crippen LogP contribution in [0.1, 0.15) is 22.3 Å². The van der Waals surface area contributed by atoms with E-state index in [1.165, 1.54) is 33.3 Å². The number of aryl methyl sites for hydroxylation is 3. The first-order chi connectivity index (χ1) is 12.1. The van der Waals surface area contributed by atoms with Crippen LogP contribution in [0.25, 0.3) is 16.7 Å². The van der Waals surface area contributed by atoms with Gasteiger partial charge in [-0.25, -0.2) is 0 Å². The molecule has 0 atom stereocenters. The summed E-state index contributed by atoms with van der Waals surface area (Å²) in [6.45, 7) is 7.39. The monoisotopic (exact) mass is 326 g/mol. The van der Waals surface area contributed by atoms with Crippen molar-refractivity contribution < 1.29 is 4.57 Å². The summed E-state index contributed by atoms with van der Waals surface area (Å²) in [5, 5.41) is 0. The van der Waals surface area contributed by atoms with E-state index in [0.29, 0.717) is 0 Å². The van der Waals surface area contributed by atoms with Gasteiger partial charge < -0.3 is 9.13 Å². The third-order valence-electron chi connectivity index (χ3n) is 4.81.